The maximum Gasteiger partial charge on any atom is 0.282 e. The predicted octanol–water partition coefficient (Wildman–Crippen LogP) is 1.33. The molecule has 1 amide bonds. The first-order valence-electron chi connectivity index (χ1n) is 4.55. The Morgan fingerprint density at radius 1 is 1.62 bits per heavy atom. The first-order chi connectivity index (χ1) is 7.54. The highest BCUT2D eigenvalue weighted by molar-refractivity contribution is 6.03. The third-order valence-electron chi connectivity index (χ3n) is 1.83. The lowest BCUT2D eigenvalue weighted by molar-refractivity contribution is 0.1000. The van der Waals surface area contributed by atoms with Crippen molar-refractivity contribution in [3.05, 3.63) is 40.7 Å². The predicted molar refractivity (Wildman–Crippen MR) is 60.0 cm³/mol. The summed E-state index contributed by atoms with van der Waals surface area (Å²) in [5.74, 6) is -0.645. The van der Waals surface area contributed by atoms with Crippen LogP contribution in [0.1, 0.15) is 22.8 Å². The number of carbonyl (C=O) groups excluding carboxylic acids is 1. The van der Waals surface area contributed by atoms with Gasteiger partial charge in [-0.3, -0.25) is 4.79 Å². The van der Waals surface area contributed by atoms with Crippen LogP contribution in [-0.2, 0) is 6.54 Å². The molecule has 1 rings (SSSR count). The van der Waals surface area contributed by atoms with Gasteiger partial charge < -0.3 is 15.7 Å². The second-order valence-electron chi connectivity index (χ2n) is 3.23. The number of phenols is 1. The molecule has 5 heteroatoms. The zero-order valence-corrected chi connectivity index (χ0v) is 8.77. The largest absolute Gasteiger partial charge is 0.507 e. The van der Waals surface area contributed by atoms with E-state index in [0.717, 1.165) is 0 Å². The molecular weight excluding hydrogens is 206 g/mol. The molecule has 0 saturated heterocycles. The molecule has 1 aromatic rings. The van der Waals surface area contributed by atoms with Gasteiger partial charge in [0, 0.05) is 5.56 Å². The van der Waals surface area contributed by atoms with Gasteiger partial charge in [0.2, 0.25) is 6.54 Å². The topological polar surface area (TPSA) is 80.0 Å². The van der Waals surface area contributed by atoms with Crippen molar-refractivity contribution in [2.75, 3.05) is 0 Å². The van der Waals surface area contributed by atoms with E-state index >= 15 is 0 Å². The average Bonchev–Trinajstić information content (AvgIpc) is 2.20. The van der Waals surface area contributed by atoms with Crippen LogP contribution < -0.4 is 5.73 Å². The highest BCUT2D eigenvalue weighted by atomic mass is 16.3. The molecule has 0 saturated carbocycles. The van der Waals surface area contributed by atoms with Crippen molar-refractivity contribution in [2.24, 2.45) is 10.7 Å². The average molecular weight is 217 g/mol. The number of hydrogen-bond donors (Lipinski definition) is 2. The van der Waals surface area contributed by atoms with Gasteiger partial charge in [0.1, 0.15) is 11.6 Å². The second kappa shape index (κ2) is 4.94. The Morgan fingerprint density at radius 2 is 2.31 bits per heavy atom. The van der Waals surface area contributed by atoms with Crippen molar-refractivity contribution >= 4 is 11.7 Å². The van der Waals surface area contributed by atoms with E-state index in [1.54, 1.807) is 6.07 Å². The van der Waals surface area contributed by atoms with Gasteiger partial charge in [-0.15, -0.1) is 0 Å². The Balaban J connectivity index is 3.13. The molecule has 0 aliphatic heterocycles. The van der Waals surface area contributed by atoms with Crippen LogP contribution in [-0.4, -0.2) is 16.8 Å². The minimum absolute atomic E-state index is 0.0611. The number of aromatic hydroxyl groups is 1. The fraction of sp³-hybridized carbons (Fsp3) is 0.182. The van der Waals surface area contributed by atoms with Crippen LogP contribution in [0.25, 0.3) is 4.85 Å². The van der Waals surface area contributed by atoms with Gasteiger partial charge in [0.15, 0.2) is 0 Å². The Morgan fingerprint density at radius 3 is 2.88 bits per heavy atom. The number of carbonyl (C=O) groups is 1. The molecule has 0 spiro atoms. The zero-order chi connectivity index (χ0) is 12.1. The standard InChI is InChI=1S/C11H11N3O2/c1-7(12)14-11(16)9-5-8(6-13-2)3-4-10(9)15/h3-5,15H,6H2,1H3,(H2,12,14,16). The van der Waals surface area contributed by atoms with Gasteiger partial charge in [0.25, 0.3) is 5.91 Å². The molecule has 3 N–H and O–H groups in total. The summed E-state index contributed by atoms with van der Waals surface area (Å²) in [6.07, 6.45) is 0. The molecule has 0 unspecified atom stereocenters. The monoisotopic (exact) mass is 217 g/mol. The van der Waals surface area contributed by atoms with E-state index in [9.17, 15) is 9.90 Å². The van der Waals surface area contributed by atoms with Crippen molar-refractivity contribution < 1.29 is 9.90 Å². The molecule has 0 aliphatic carbocycles. The van der Waals surface area contributed by atoms with Crippen molar-refractivity contribution in [3.63, 3.8) is 0 Å². The van der Waals surface area contributed by atoms with E-state index in [1.807, 2.05) is 0 Å². The number of rotatable bonds is 2. The lowest BCUT2D eigenvalue weighted by Crippen LogP contribution is -2.09. The number of hydrogen-bond acceptors (Lipinski definition) is 2. The van der Waals surface area contributed by atoms with Gasteiger partial charge in [-0.1, -0.05) is 0 Å². The molecule has 5 nitrogen and oxygen atoms in total. The van der Waals surface area contributed by atoms with Crippen LogP contribution in [0, 0.1) is 6.57 Å². The summed E-state index contributed by atoms with van der Waals surface area (Å²) in [7, 11) is 0. The highest BCUT2D eigenvalue weighted by Gasteiger charge is 2.11. The van der Waals surface area contributed by atoms with Crippen LogP contribution in [0.2, 0.25) is 0 Å². The van der Waals surface area contributed by atoms with E-state index in [4.69, 9.17) is 12.3 Å². The van der Waals surface area contributed by atoms with Crippen molar-refractivity contribution in [3.8, 4) is 5.75 Å². The van der Waals surface area contributed by atoms with Gasteiger partial charge in [-0.2, -0.15) is 4.99 Å². The molecule has 82 valence electrons. The molecule has 0 aliphatic rings. The summed E-state index contributed by atoms with van der Waals surface area (Å²) in [5.41, 5.74) is 5.99. The summed E-state index contributed by atoms with van der Waals surface area (Å²) in [6, 6.07) is 4.40. The second-order valence-corrected chi connectivity index (χ2v) is 3.23. The quantitative estimate of drug-likeness (QED) is 0.445. The van der Waals surface area contributed by atoms with Crippen LogP contribution in [0.3, 0.4) is 0 Å². The SMILES string of the molecule is [C-]#[N+]Cc1ccc(O)c(C(=O)N=C(C)N)c1. The summed E-state index contributed by atoms with van der Waals surface area (Å²) >= 11 is 0. The van der Waals surface area contributed by atoms with Gasteiger partial charge in [-0.05, 0) is 25.1 Å². The van der Waals surface area contributed by atoms with E-state index in [1.165, 1.54) is 19.1 Å². The van der Waals surface area contributed by atoms with Gasteiger partial charge >= 0.3 is 0 Å². The molecule has 16 heavy (non-hydrogen) atoms. The number of nitrogens with two attached hydrogens (primary N) is 1. The van der Waals surface area contributed by atoms with Crippen LogP contribution in [0.4, 0.5) is 0 Å². The first kappa shape index (κ1) is 11.7. The molecule has 0 aromatic heterocycles. The number of amidine groups is 1. The van der Waals surface area contributed by atoms with Crippen LogP contribution >= 0.6 is 0 Å². The lowest BCUT2D eigenvalue weighted by atomic mass is 10.1. The molecule has 0 bridgehead atoms. The lowest BCUT2D eigenvalue weighted by Gasteiger charge is -2.01. The Kier molecular flexibility index (Phi) is 3.62. The van der Waals surface area contributed by atoms with Gasteiger partial charge in [0.05, 0.1) is 5.56 Å². The maximum absolute atomic E-state index is 11.5. The number of aliphatic imine (C=N–C) groups is 1. The third kappa shape index (κ3) is 2.82. The molecule has 1 aromatic carbocycles. The zero-order valence-electron chi connectivity index (χ0n) is 8.77. The van der Waals surface area contributed by atoms with Crippen molar-refractivity contribution in [2.45, 2.75) is 13.5 Å². The Labute approximate surface area is 93.0 Å². The third-order valence-corrected chi connectivity index (χ3v) is 1.83. The maximum atomic E-state index is 11.5. The van der Waals surface area contributed by atoms with E-state index in [-0.39, 0.29) is 23.7 Å². The number of benzene rings is 1. The fourth-order valence-corrected chi connectivity index (χ4v) is 1.16. The van der Waals surface area contributed by atoms with Crippen LogP contribution in [0.15, 0.2) is 23.2 Å². The van der Waals surface area contributed by atoms with Crippen LogP contribution in [0.5, 0.6) is 5.75 Å². The minimum atomic E-state index is -0.607. The summed E-state index contributed by atoms with van der Waals surface area (Å²) in [6.45, 7) is 8.36. The molecule has 0 atom stereocenters. The van der Waals surface area contributed by atoms with Crippen molar-refractivity contribution in [1.82, 2.24) is 0 Å². The number of amides is 1. The summed E-state index contributed by atoms with van der Waals surface area (Å²) < 4.78 is 0. The molecule has 0 radical (unpaired) electrons. The molecular formula is C11H11N3O2. The number of phenolic OH excluding ortho intramolecular Hbond substituents is 1. The van der Waals surface area contributed by atoms with E-state index in [0.29, 0.717) is 5.56 Å². The first-order valence-corrected chi connectivity index (χ1v) is 4.55. The normalized spacial score (nSPS) is 10.9. The summed E-state index contributed by atoms with van der Waals surface area (Å²) in [4.78, 5) is 18.2. The fourth-order valence-electron chi connectivity index (χ4n) is 1.16. The van der Waals surface area contributed by atoms with E-state index in [2.05, 4.69) is 9.84 Å². The minimum Gasteiger partial charge on any atom is -0.507 e. The Bertz CT molecular complexity index is 482. The van der Waals surface area contributed by atoms with Crippen molar-refractivity contribution in [1.29, 1.82) is 0 Å². The van der Waals surface area contributed by atoms with Gasteiger partial charge in [-0.25, -0.2) is 6.57 Å². The molecule has 0 heterocycles. The Hall–Kier alpha value is -2.35. The molecule has 0 fully saturated rings. The van der Waals surface area contributed by atoms with E-state index < -0.39 is 5.91 Å². The number of nitrogens with zero attached hydrogens (tertiary/aromatic N) is 2. The smallest absolute Gasteiger partial charge is 0.282 e. The highest BCUT2D eigenvalue weighted by Crippen LogP contribution is 2.20. The summed E-state index contributed by atoms with van der Waals surface area (Å²) in [5, 5.41) is 9.48.